The summed E-state index contributed by atoms with van der Waals surface area (Å²) in [7, 11) is 0. The highest BCUT2D eigenvalue weighted by atomic mass is 19.4. The fourth-order valence-corrected chi connectivity index (χ4v) is 2.61. The number of benzene rings is 2. The Morgan fingerprint density at radius 3 is 2.24 bits per heavy atom. The lowest BCUT2D eigenvalue weighted by Gasteiger charge is -2.10. The van der Waals surface area contributed by atoms with Crippen molar-refractivity contribution in [1.82, 2.24) is 9.97 Å². The van der Waals surface area contributed by atoms with Crippen molar-refractivity contribution in [3.8, 4) is 11.3 Å². The van der Waals surface area contributed by atoms with E-state index in [1.807, 2.05) is 0 Å². The van der Waals surface area contributed by atoms with E-state index in [-0.39, 0.29) is 29.3 Å². The Hall–Kier alpha value is -3.55. The molecule has 0 aliphatic rings. The van der Waals surface area contributed by atoms with Gasteiger partial charge in [-0.25, -0.2) is 9.78 Å². The number of halogens is 3. The van der Waals surface area contributed by atoms with Crippen LogP contribution >= 0.6 is 0 Å². The van der Waals surface area contributed by atoms with Crippen LogP contribution in [-0.2, 0) is 10.9 Å². The van der Waals surface area contributed by atoms with Crippen molar-refractivity contribution in [2.24, 2.45) is 0 Å². The highest BCUT2D eigenvalue weighted by Gasteiger charge is 2.30. The Kier molecular flexibility index (Phi) is 5.72. The van der Waals surface area contributed by atoms with Gasteiger partial charge in [-0.05, 0) is 19.1 Å². The number of rotatable bonds is 5. The Morgan fingerprint density at radius 1 is 1.00 bits per heavy atom. The van der Waals surface area contributed by atoms with Gasteiger partial charge in [0.2, 0.25) is 5.78 Å². The molecule has 0 radical (unpaired) electrons. The van der Waals surface area contributed by atoms with Crippen LogP contribution in [0, 0.1) is 0 Å². The van der Waals surface area contributed by atoms with E-state index in [0.717, 1.165) is 24.3 Å². The molecule has 0 atom stereocenters. The number of nitrogens with zero attached hydrogens (tertiary/aromatic N) is 2. The molecule has 0 N–H and O–H groups in total. The van der Waals surface area contributed by atoms with Gasteiger partial charge in [0.05, 0.1) is 18.4 Å². The van der Waals surface area contributed by atoms with Crippen LogP contribution in [-0.4, -0.2) is 28.3 Å². The van der Waals surface area contributed by atoms with Crippen molar-refractivity contribution in [3.63, 3.8) is 0 Å². The summed E-state index contributed by atoms with van der Waals surface area (Å²) in [4.78, 5) is 33.3. The van der Waals surface area contributed by atoms with Crippen LogP contribution in [0.1, 0.15) is 39.0 Å². The fourth-order valence-electron chi connectivity index (χ4n) is 2.61. The smallest absolute Gasteiger partial charge is 0.416 e. The Labute approximate surface area is 164 Å². The number of esters is 1. The summed E-state index contributed by atoms with van der Waals surface area (Å²) >= 11 is 0. The molecule has 148 valence electrons. The zero-order chi connectivity index (χ0) is 21.0. The molecular weight excluding hydrogens is 385 g/mol. The summed E-state index contributed by atoms with van der Waals surface area (Å²) in [6, 6.07) is 12.5. The van der Waals surface area contributed by atoms with Gasteiger partial charge in [-0.1, -0.05) is 42.5 Å². The first-order valence-electron chi connectivity index (χ1n) is 8.62. The van der Waals surface area contributed by atoms with Crippen molar-refractivity contribution in [2.45, 2.75) is 13.1 Å². The third-order valence-corrected chi connectivity index (χ3v) is 4.00. The molecule has 0 spiro atoms. The third-order valence-electron chi connectivity index (χ3n) is 4.00. The highest BCUT2D eigenvalue weighted by Crippen LogP contribution is 2.29. The Balaban J connectivity index is 2.00. The van der Waals surface area contributed by atoms with E-state index in [1.54, 1.807) is 37.3 Å². The van der Waals surface area contributed by atoms with Gasteiger partial charge in [0.1, 0.15) is 11.4 Å². The molecule has 3 aromatic rings. The minimum absolute atomic E-state index is 0.00503. The molecule has 2 aromatic carbocycles. The zero-order valence-corrected chi connectivity index (χ0v) is 15.2. The van der Waals surface area contributed by atoms with Gasteiger partial charge in [0.25, 0.3) is 0 Å². The summed E-state index contributed by atoms with van der Waals surface area (Å²) < 4.78 is 43.1. The van der Waals surface area contributed by atoms with E-state index in [0.29, 0.717) is 5.56 Å². The van der Waals surface area contributed by atoms with Crippen molar-refractivity contribution >= 4 is 11.8 Å². The first-order valence-corrected chi connectivity index (χ1v) is 8.62. The topological polar surface area (TPSA) is 69.2 Å². The summed E-state index contributed by atoms with van der Waals surface area (Å²) in [5.74, 6) is -1.41. The molecule has 0 fully saturated rings. The third kappa shape index (κ3) is 4.48. The normalized spacial score (nSPS) is 11.2. The number of aromatic nitrogens is 2. The van der Waals surface area contributed by atoms with Gasteiger partial charge in [-0.3, -0.25) is 9.78 Å². The number of ketones is 1. The number of ether oxygens (including phenoxy) is 1. The second kappa shape index (κ2) is 8.22. The van der Waals surface area contributed by atoms with Crippen molar-refractivity contribution in [1.29, 1.82) is 0 Å². The van der Waals surface area contributed by atoms with Crippen LogP contribution in [0.5, 0.6) is 0 Å². The first-order chi connectivity index (χ1) is 13.8. The molecule has 0 saturated heterocycles. The molecule has 0 saturated carbocycles. The second-order valence-corrected chi connectivity index (χ2v) is 5.94. The van der Waals surface area contributed by atoms with Gasteiger partial charge in [0, 0.05) is 11.1 Å². The van der Waals surface area contributed by atoms with Crippen LogP contribution in [0.15, 0.2) is 60.8 Å². The molecular formula is C21H15F3N2O3. The van der Waals surface area contributed by atoms with Crippen LogP contribution in [0.4, 0.5) is 13.2 Å². The standard InChI is InChI=1S/C21H15F3N2O3/c1-2-29-20(28)18-17(13-6-4-3-5-7-13)25-12-16(26-18)19(27)14-8-10-15(11-9-14)21(22,23)24/h3-12H,2H2,1H3. The zero-order valence-electron chi connectivity index (χ0n) is 15.2. The van der Waals surface area contributed by atoms with Crippen LogP contribution < -0.4 is 0 Å². The van der Waals surface area contributed by atoms with E-state index in [9.17, 15) is 22.8 Å². The SMILES string of the molecule is CCOC(=O)c1nc(C(=O)c2ccc(C(F)(F)F)cc2)cnc1-c1ccccc1. The lowest BCUT2D eigenvalue weighted by Crippen LogP contribution is -2.15. The second-order valence-electron chi connectivity index (χ2n) is 5.94. The van der Waals surface area contributed by atoms with Gasteiger partial charge in [-0.2, -0.15) is 13.2 Å². The number of alkyl halides is 3. The quantitative estimate of drug-likeness (QED) is 0.464. The number of hydrogen-bond acceptors (Lipinski definition) is 5. The average Bonchev–Trinajstić information content (AvgIpc) is 2.73. The fraction of sp³-hybridized carbons (Fsp3) is 0.143. The number of hydrogen-bond donors (Lipinski definition) is 0. The van der Waals surface area contributed by atoms with E-state index in [1.165, 1.54) is 6.20 Å². The summed E-state index contributed by atoms with van der Waals surface area (Å²) in [6.45, 7) is 1.73. The van der Waals surface area contributed by atoms with E-state index in [2.05, 4.69) is 9.97 Å². The Bertz CT molecular complexity index is 1030. The molecule has 5 nitrogen and oxygen atoms in total. The van der Waals surface area contributed by atoms with Gasteiger partial charge in [0.15, 0.2) is 5.69 Å². The van der Waals surface area contributed by atoms with Gasteiger partial charge in [-0.15, -0.1) is 0 Å². The predicted molar refractivity (Wildman–Crippen MR) is 98.3 cm³/mol. The summed E-state index contributed by atoms with van der Waals surface area (Å²) in [6.07, 6.45) is -3.32. The minimum Gasteiger partial charge on any atom is -0.461 e. The average molecular weight is 400 g/mol. The molecule has 0 aliphatic heterocycles. The maximum Gasteiger partial charge on any atom is 0.416 e. The predicted octanol–water partition coefficient (Wildman–Crippen LogP) is 4.57. The van der Waals surface area contributed by atoms with Gasteiger partial charge < -0.3 is 4.74 Å². The number of carbonyl (C=O) groups excluding carboxylic acids is 2. The minimum atomic E-state index is -4.50. The van der Waals surface area contributed by atoms with Crippen LogP contribution in [0.3, 0.4) is 0 Å². The lowest BCUT2D eigenvalue weighted by atomic mass is 10.0. The van der Waals surface area contributed by atoms with E-state index in [4.69, 9.17) is 4.74 Å². The molecule has 1 aromatic heterocycles. The molecule has 0 aliphatic carbocycles. The monoisotopic (exact) mass is 400 g/mol. The molecule has 0 amide bonds. The maximum absolute atomic E-state index is 12.7. The molecule has 1 heterocycles. The van der Waals surface area contributed by atoms with Crippen molar-refractivity contribution in [3.05, 3.63) is 83.3 Å². The lowest BCUT2D eigenvalue weighted by molar-refractivity contribution is -0.137. The van der Waals surface area contributed by atoms with Crippen LogP contribution in [0.2, 0.25) is 0 Å². The molecule has 3 rings (SSSR count). The largest absolute Gasteiger partial charge is 0.461 e. The first kappa shape index (κ1) is 20.2. The molecule has 8 heteroatoms. The summed E-state index contributed by atoms with van der Waals surface area (Å²) in [5.41, 5.74) is -0.339. The van der Waals surface area contributed by atoms with Crippen LogP contribution in [0.25, 0.3) is 11.3 Å². The Morgan fingerprint density at radius 2 is 1.66 bits per heavy atom. The highest BCUT2D eigenvalue weighted by molar-refractivity contribution is 6.08. The molecule has 29 heavy (non-hydrogen) atoms. The van der Waals surface area contributed by atoms with E-state index >= 15 is 0 Å². The van der Waals surface area contributed by atoms with Crippen molar-refractivity contribution < 1.29 is 27.5 Å². The maximum atomic E-state index is 12.7. The molecule has 0 unspecified atom stereocenters. The number of carbonyl (C=O) groups is 2. The summed E-state index contributed by atoms with van der Waals surface area (Å²) in [5, 5.41) is 0. The van der Waals surface area contributed by atoms with Crippen molar-refractivity contribution in [2.75, 3.05) is 6.61 Å². The molecule has 0 bridgehead atoms. The van der Waals surface area contributed by atoms with Gasteiger partial charge >= 0.3 is 12.1 Å². The van der Waals surface area contributed by atoms with E-state index < -0.39 is 23.5 Å².